The van der Waals surface area contributed by atoms with Gasteiger partial charge in [0.15, 0.2) is 5.96 Å². The number of primary amides is 1. The molecule has 9 atom stereocenters. The molecule has 1 fully saturated rings. The average molecular weight is 1810 g/mol. The van der Waals surface area contributed by atoms with E-state index in [1.807, 2.05) is 24.3 Å². The van der Waals surface area contributed by atoms with Crippen molar-refractivity contribution in [3.05, 3.63) is 126 Å². The van der Waals surface area contributed by atoms with Crippen LogP contribution in [0.15, 0.2) is 104 Å². The number of H-pyrrole nitrogens is 2. The molecule has 0 spiro atoms. The first-order chi connectivity index (χ1) is 61.2. The number of carboxylic acids is 1. The lowest BCUT2D eigenvalue weighted by molar-refractivity contribution is -0.140. The van der Waals surface area contributed by atoms with Crippen LogP contribution in [0.25, 0.3) is 10.9 Å². The number of benzene rings is 3. The lowest BCUT2D eigenvalue weighted by Crippen LogP contribution is -2.61. The number of aromatic nitrogens is 3. The van der Waals surface area contributed by atoms with Gasteiger partial charge in [-0.3, -0.25) is 78.4 Å². The third-order valence-corrected chi connectivity index (χ3v) is 23.7. The smallest absolute Gasteiger partial charge is 0.317 e. The summed E-state index contributed by atoms with van der Waals surface area (Å²) in [6.07, 6.45) is 22.3. The van der Waals surface area contributed by atoms with Crippen molar-refractivity contribution in [2.45, 2.75) is 254 Å². The van der Waals surface area contributed by atoms with E-state index in [1.165, 1.54) is 110 Å². The highest BCUT2D eigenvalue weighted by Crippen LogP contribution is 2.33. The lowest BCUT2D eigenvalue weighted by atomic mass is 9.84. The number of carboxylic acid groups (broad SMARTS) is 1. The largest absolute Gasteiger partial charge is 0.480 e. The number of imidazole rings is 1. The van der Waals surface area contributed by atoms with Crippen LogP contribution in [0.5, 0.6) is 0 Å². The van der Waals surface area contributed by atoms with Crippen LogP contribution in [0, 0.1) is 5.41 Å². The van der Waals surface area contributed by atoms with Gasteiger partial charge in [0.1, 0.15) is 55.1 Å². The number of nitrogens with zero attached hydrogens (tertiary/aromatic N) is 3. The minimum Gasteiger partial charge on any atom is -0.480 e. The van der Waals surface area contributed by atoms with Crippen LogP contribution in [0.3, 0.4) is 0 Å². The fraction of sp³-hybridized carbons (Fsp3) is 0.580. The molecular weight excluding hydrogens is 1670 g/mol. The molecule has 3 aromatic carbocycles. The van der Waals surface area contributed by atoms with Gasteiger partial charge in [-0.1, -0.05) is 197 Å². The number of nitrogens with one attached hydrogen (secondary N) is 15. The standard InChI is InChI=1S/C88H136N22O15S2/c1-4-5-6-7-8-9-10-11-12-13-14-15-16-27-42-96-74(115)55-109(54-71(89)112)75(116)41-24-19-28-43-97-80(119)68(47-61-50-100-65-38-26-25-37-64(61)65)104-82(121)67(40-30-45-99-88(92)93)103-84(123)70(56-127-126-3)106-81(120)66(39-29-44-98-87(90)91)102-72(113)49-63-36-31-46-110(63)86(125)79(77(59-32-20-17-21-33-59)60-34-22-18-23-35-60)108-83(122)69(48-62-51-95-57-101-62)105-85(124)78(58(2)111)107-73(114)52-94-53-76(117)118/h17-18,20-23,25-26,32-35,37-38,50-51,57-58,63,66-70,77-79,88,94,99-100,111H,4-16,19,24,27-31,36,39-49,52-56,92-93H2,1-3H3,(H2,89,112)(H,95,101)(H,96,115)(H,97,119)(H,102,113)(H,103,123)(H,104,121)(H,105,124)(H,106,120)(H,107,114)(H,108,122)(H,117,118)(H4,90,91,98). The predicted octanol–water partition coefficient (Wildman–Crippen LogP) is 2.77. The van der Waals surface area contributed by atoms with Crippen molar-refractivity contribution in [1.82, 2.24) is 88.6 Å². The first-order valence-corrected chi connectivity index (χ1v) is 47.1. The van der Waals surface area contributed by atoms with E-state index in [-0.39, 0.29) is 102 Å². The molecule has 127 heavy (non-hydrogen) atoms. The number of unbranched alkanes of at least 4 members (excludes halogenated alkanes) is 15. The number of carbonyl (C=O) groups excluding carboxylic acids is 12. The summed E-state index contributed by atoms with van der Waals surface area (Å²) in [6.45, 7) is 2.57. The number of para-hydroxylation sites is 1. The molecule has 0 saturated carbocycles. The molecule has 3 heterocycles. The summed E-state index contributed by atoms with van der Waals surface area (Å²) < 4.78 is 0. The number of aliphatic hydroxyl groups is 1. The van der Waals surface area contributed by atoms with Gasteiger partial charge < -0.3 is 106 Å². The number of hydrogen-bond acceptors (Lipinski definition) is 22. The quantitative estimate of drug-likeness (QED) is 0.00875. The topological polar surface area (TPSA) is 586 Å². The molecule has 9 unspecified atom stereocenters. The molecule has 0 radical (unpaired) electrons. The molecule has 39 heteroatoms. The van der Waals surface area contributed by atoms with Gasteiger partial charge in [-0.2, -0.15) is 0 Å². The highest BCUT2D eigenvalue weighted by Gasteiger charge is 2.43. The number of hydrogen-bond donors (Lipinski definition) is 21. The number of carbonyl (C=O) groups is 13. The maximum Gasteiger partial charge on any atom is 0.317 e. The molecule has 0 bridgehead atoms. The van der Waals surface area contributed by atoms with Gasteiger partial charge in [-0.05, 0) is 100 Å². The zero-order valence-electron chi connectivity index (χ0n) is 73.5. The molecule has 2 aromatic heterocycles. The third-order valence-electron chi connectivity index (χ3n) is 21.8. The summed E-state index contributed by atoms with van der Waals surface area (Å²) >= 11 is 0. The monoisotopic (exact) mass is 1800 g/mol. The van der Waals surface area contributed by atoms with E-state index in [1.54, 1.807) is 73.1 Å². The molecule has 12 amide bonds. The molecule has 1 aliphatic heterocycles. The molecule has 6 rings (SSSR count). The Morgan fingerprint density at radius 1 is 0.575 bits per heavy atom. The Labute approximate surface area is 751 Å². The molecular formula is C88H136N22O15S2. The van der Waals surface area contributed by atoms with Crippen LogP contribution in [0.2, 0.25) is 0 Å². The van der Waals surface area contributed by atoms with E-state index in [0.717, 1.165) is 41.5 Å². The van der Waals surface area contributed by atoms with E-state index in [2.05, 4.69) is 85.7 Å². The highest BCUT2D eigenvalue weighted by molar-refractivity contribution is 8.76. The Hall–Kier alpha value is -10.7. The van der Waals surface area contributed by atoms with E-state index in [4.69, 9.17) is 33.5 Å². The molecule has 5 aromatic rings. The van der Waals surface area contributed by atoms with Crippen molar-refractivity contribution in [2.24, 2.45) is 22.9 Å². The first kappa shape index (κ1) is 105. The van der Waals surface area contributed by atoms with Gasteiger partial charge in [-0.15, -0.1) is 0 Å². The number of fused-ring (bicyclic) bond motifs is 1. The summed E-state index contributed by atoms with van der Waals surface area (Å²) in [6, 6.07) is 14.4. The van der Waals surface area contributed by atoms with Crippen LogP contribution in [-0.2, 0) is 75.2 Å². The predicted molar refractivity (Wildman–Crippen MR) is 489 cm³/mol. The second-order valence-corrected chi connectivity index (χ2v) is 34.7. The van der Waals surface area contributed by atoms with Gasteiger partial charge in [0, 0.05) is 92.9 Å². The van der Waals surface area contributed by atoms with E-state index < -0.39 is 157 Å². The maximum atomic E-state index is 15.8. The zero-order valence-corrected chi connectivity index (χ0v) is 75.1. The minimum atomic E-state index is -1.65. The normalized spacial score (nSPS) is 14.4. The molecule has 25 N–H and O–H groups in total. The summed E-state index contributed by atoms with van der Waals surface area (Å²) in [5, 5.41) is 61.7. The van der Waals surface area contributed by atoms with Gasteiger partial charge in [0.05, 0.1) is 37.8 Å². The molecule has 1 aliphatic rings. The van der Waals surface area contributed by atoms with E-state index >= 15 is 9.59 Å². The summed E-state index contributed by atoms with van der Waals surface area (Å²) in [5.41, 5.74) is 25.8. The van der Waals surface area contributed by atoms with Crippen LogP contribution in [0.1, 0.15) is 203 Å². The Bertz CT molecular complexity index is 4190. The molecule has 37 nitrogen and oxygen atoms in total. The Balaban J connectivity index is 1.15. The van der Waals surface area contributed by atoms with Crippen molar-refractivity contribution in [3.8, 4) is 0 Å². The van der Waals surface area contributed by atoms with Gasteiger partial charge in [0.25, 0.3) is 0 Å². The lowest BCUT2D eigenvalue weighted by Gasteiger charge is -2.35. The second-order valence-electron chi connectivity index (χ2n) is 32.1. The summed E-state index contributed by atoms with van der Waals surface area (Å²) in [7, 11) is 2.51. The van der Waals surface area contributed by atoms with Gasteiger partial charge in [0.2, 0.25) is 70.9 Å². The van der Waals surface area contributed by atoms with Gasteiger partial charge >= 0.3 is 5.97 Å². The second kappa shape index (κ2) is 59.4. The highest BCUT2D eigenvalue weighted by atomic mass is 33.1. The fourth-order valence-electron chi connectivity index (χ4n) is 15.2. The van der Waals surface area contributed by atoms with Gasteiger partial charge in [-0.25, -0.2) is 4.98 Å². The van der Waals surface area contributed by atoms with Crippen LogP contribution in [-0.4, -0.2) is 249 Å². The molecule has 0 aliphatic carbocycles. The van der Waals surface area contributed by atoms with E-state index in [0.29, 0.717) is 61.0 Å². The number of aliphatic carboxylic acids is 1. The number of aromatic amines is 2. The number of aliphatic hydroxyl groups excluding tert-OH is 1. The summed E-state index contributed by atoms with van der Waals surface area (Å²) in [4.78, 5) is 195. The minimum absolute atomic E-state index is 0.00292. The van der Waals surface area contributed by atoms with Crippen molar-refractivity contribution < 1.29 is 72.5 Å². The Morgan fingerprint density at radius 3 is 1.72 bits per heavy atom. The van der Waals surface area contributed by atoms with Crippen molar-refractivity contribution in [3.63, 3.8) is 0 Å². The maximum absolute atomic E-state index is 15.8. The van der Waals surface area contributed by atoms with Crippen LogP contribution in [0.4, 0.5) is 0 Å². The number of guanidine groups is 1. The molecule has 1 saturated heterocycles. The number of rotatable bonds is 65. The van der Waals surface area contributed by atoms with Crippen molar-refractivity contribution in [2.75, 3.05) is 70.9 Å². The van der Waals surface area contributed by atoms with Crippen molar-refractivity contribution >= 4 is 115 Å². The first-order valence-electron chi connectivity index (χ1n) is 44.4. The third kappa shape index (κ3) is 40.0. The Kier molecular flexibility index (Phi) is 49.1. The Morgan fingerprint density at radius 2 is 1.13 bits per heavy atom. The van der Waals surface area contributed by atoms with Crippen LogP contribution < -0.4 is 86.7 Å². The number of nitrogens with two attached hydrogens (primary N) is 4. The van der Waals surface area contributed by atoms with Crippen molar-refractivity contribution in [1.29, 1.82) is 5.41 Å². The zero-order chi connectivity index (χ0) is 92.3. The summed E-state index contributed by atoms with van der Waals surface area (Å²) in [5.74, 6) is -11.1. The number of amides is 12. The number of likely N-dealkylation sites (tertiary alicyclic amines) is 1. The molecule has 700 valence electrons. The average Bonchev–Trinajstić information content (AvgIpc) is 1.78. The SMILES string of the molecule is CCCCCCCCCCCCCCCCNC(=O)CN(CC(N)=O)C(=O)CCCCCNC(=O)C(Cc1c[nH]c2ccccc12)NC(=O)C(CCCNC(N)N)NC(=O)C(CSSC)NC(=O)C(CCCNC(=N)N)NC(=O)CC1CCCN1C(=O)C(NC(=O)C(Cc1c[nH]cn1)NC(=O)C(NC(=O)CNCC(=O)O)C(C)O)C(c1ccccc1)c1ccccc1. The van der Waals surface area contributed by atoms with E-state index in [9.17, 15) is 57.8 Å². The van der Waals surface area contributed by atoms with Crippen LogP contribution >= 0.6 is 21.6 Å². The fourth-order valence-corrected chi connectivity index (χ4v) is 16.5.